The SMILES string of the molecule is CC(C)(C)CC1NC(C(=O)NCCCN)C(c2cccc(Cl)c2)C1(N)c1ccc(Cl)cc1. The Labute approximate surface area is 201 Å². The van der Waals surface area contributed by atoms with Crippen LogP contribution in [0.3, 0.4) is 0 Å². The van der Waals surface area contributed by atoms with Crippen molar-refractivity contribution in [2.45, 2.75) is 57.2 Å². The number of nitrogens with two attached hydrogens (primary N) is 2. The molecule has 1 aliphatic heterocycles. The fourth-order valence-electron chi connectivity index (χ4n) is 4.72. The highest BCUT2D eigenvalue weighted by Crippen LogP contribution is 2.48. The van der Waals surface area contributed by atoms with Gasteiger partial charge in [0.25, 0.3) is 0 Å². The zero-order chi connectivity index (χ0) is 23.5. The summed E-state index contributed by atoms with van der Waals surface area (Å²) in [6.07, 6.45) is 1.51. The van der Waals surface area contributed by atoms with Gasteiger partial charge in [0.1, 0.15) is 0 Å². The van der Waals surface area contributed by atoms with Crippen molar-refractivity contribution in [2.24, 2.45) is 16.9 Å². The molecule has 0 bridgehead atoms. The quantitative estimate of drug-likeness (QED) is 0.451. The maximum atomic E-state index is 13.3. The summed E-state index contributed by atoms with van der Waals surface area (Å²) in [6, 6.07) is 14.6. The van der Waals surface area contributed by atoms with Crippen LogP contribution in [0.25, 0.3) is 0 Å². The number of hydrogen-bond donors (Lipinski definition) is 4. The van der Waals surface area contributed by atoms with Crippen LogP contribution in [-0.2, 0) is 10.3 Å². The Balaban J connectivity index is 2.13. The molecule has 1 aliphatic rings. The summed E-state index contributed by atoms with van der Waals surface area (Å²) in [7, 11) is 0. The first kappa shape index (κ1) is 25.0. The fraction of sp³-hybridized carbons (Fsp3) is 0.480. The van der Waals surface area contributed by atoms with Gasteiger partial charge in [-0.25, -0.2) is 0 Å². The lowest BCUT2D eigenvalue weighted by molar-refractivity contribution is -0.123. The highest BCUT2D eigenvalue weighted by molar-refractivity contribution is 6.30. The molecule has 0 spiro atoms. The van der Waals surface area contributed by atoms with Gasteiger partial charge in [-0.15, -0.1) is 0 Å². The van der Waals surface area contributed by atoms with Crippen LogP contribution in [0, 0.1) is 5.41 Å². The van der Waals surface area contributed by atoms with E-state index in [1.54, 1.807) is 0 Å². The standard InChI is InChI=1S/C25H34Cl2N4O/c1-24(2,3)15-20-25(29,17-8-10-18(26)11-9-17)21(16-6-4-7-19(27)14-16)22(31-20)23(32)30-13-5-12-28/h4,6-11,14,20-22,31H,5,12-13,15,28-29H2,1-3H3,(H,30,32). The maximum absolute atomic E-state index is 13.3. The normalized spacial score (nSPS) is 25.7. The number of rotatable bonds is 7. The zero-order valence-electron chi connectivity index (χ0n) is 19.0. The van der Waals surface area contributed by atoms with E-state index >= 15 is 0 Å². The van der Waals surface area contributed by atoms with Crippen LogP contribution in [0.5, 0.6) is 0 Å². The van der Waals surface area contributed by atoms with Gasteiger partial charge in [-0.05, 0) is 60.2 Å². The summed E-state index contributed by atoms with van der Waals surface area (Å²) in [4.78, 5) is 13.3. The minimum atomic E-state index is -0.849. The summed E-state index contributed by atoms with van der Waals surface area (Å²) in [5.74, 6) is -0.406. The third-order valence-electron chi connectivity index (χ3n) is 6.14. The molecule has 1 saturated heterocycles. The molecule has 1 amide bonds. The van der Waals surface area contributed by atoms with E-state index < -0.39 is 11.6 Å². The van der Waals surface area contributed by atoms with Crippen molar-refractivity contribution >= 4 is 29.1 Å². The van der Waals surface area contributed by atoms with Crippen molar-refractivity contribution in [3.8, 4) is 0 Å². The van der Waals surface area contributed by atoms with Crippen molar-refractivity contribution in [1.29, 1.82) is 0 Å². The van der Waals surface area contributed by atoms with Gasteiger partial charge in [-0.3, -0.25) is 4.79 Å². The number of benzene rings is 2. The fourth-order valence-corrected chi connectivity index (χ4v) is 5.05. The van der Waals surface area contributed by atoms with Crippen LogP contribution >= 0.6 is 23.2 Å². The van der Waals surface area contributed by atoms with Crippen LogP contribution in [0.1, 0.15) is 50.7 Å². The van der Waals surface area contributed by atoms with E-state index in [0.29, 0.717) is 23.1 Å². The predicted octanol–water partition coefficient (Wildman–Crippen LogP) is 4.17. The van der Waals surface area contributed by atoms with Crippen LogP contribution < -0.4 is 22.1 Å². The molecule has 0 aromatic heterocycles. The molecule has 2 aromatic carbocycles. The van der Waals surface area contributed by atoms with Crippen LogP contribution in [0.15, 0.2) is 48.5 Å². The molecule has 3 rings (SSSR count). The number of amides is 1. The van der Waals surface area contributed by atoms with Gasteiger partial charge in [-0.2, -0.15) is 0 Å². The average molecular weight is 477 g/mol. The van der Waals surface area contributed by atoms with E-state index in [4.69, 9.17) is 34.7 Å². The summed E-state index contributed by atoms with van der Waals surface area (Å²) in [5, 5.41) is 7.89. The van der Waals surface area contributed by atoms with E-state index in [-0.39, 0.29) is 23.3 Å². The van der Waals surface area contributed by atoms with Crippen molar-refractivity contribution in [1.82, 2.24) is 10.6 Å². The summed E-state index contributed by atoms with van der Waals surface area (Å²) in [6.45, 7) is 7.59. The Hall–Kier alpha value is -1.63. The molecule has 32 heavy (non-hydrogen) atoms. The molecule has 174 valence electrons. The minimum absolute atomic E-state index is 0.00148. The van der Waals surface area contributed by atoms with E-state index in [0.717, 1.165) is 24.0 Å². The van der Waals surface area contributed by atoms with E-state index in [2.05, 4.69) is 31.4 Å². The lowest BCUT2D eigenvalue weighted by atomic mass is 9.68. The monoisotopic (exact) mass is 476 g/mol. The number of hydrogen-bond acceptors (Lipinski definition) is 4. The van der Waals surface area contributed by atoms with Gasteiger partial charge in [0, 0.05) is 28.5 Å². The largest absolute Gasteiger partial charge is 0.355 e. The van der Waals surface area contributed by atoms with Crippen molar-refractivity contribution < 1.29 is 4.79 Å². The number of nitrogens with one attached hydrogen (secondary N) is 2. The molecule has 4 atom stereocenters. The smallest absolute Gasteiger partial charge is 0.237 e. The number of carbonyl (C=O) groups is 1. The summed E-state index contributed by atoms with van der Waals surface area (Å²) >= 11 is 12.5. The predicted molar refractivity (Wildman–Crippen MR) is 133 cm³/mol. The second-order valence-corrected chi connectivity index (χ2v) is 10.7. The molecule has 4 unspecified atom stereocenters. The van der Waals surface area contributed by atoms with E-state index in [9.17, 15) is 4.79 Å². The third kappa shape index (κ3) is 5.46. The Morgan fingerprint density at radius 1 is 1.12 bits per heavy atom. The average Bonchev–Trinajstić information content (AvgIpc) is 3.00. The molecular formula is C25H34Cl2N4O. The number of halogens is 2. The molecule has 0 radical (unpaired) electrons. The summed E-state index contributed by atoms with van der Waals surface area (Å²) < 4.78 is 0. The second-order valence-electron chi connectivity index (χ2n) is 9.87. The van der Waals surface area contributed by atoms with Crippen LogP contribution in [0.4, 0.5) is 0 Å². The van der Waals surface area contributed by atoms with Gasteiger partial charge in [0.05, 0.1) is 11.6 Å². The lowest BCUT2D eigenvalue weighted by Crippen LogP contribution is -2.51. The first-order valence-corrected chi connectivity index (χ1v) is 11.9. The Morgan fingerprint density at radius 3 is 2.41 bits per heavy atom. The third-order valence-corrected chi connectivity index (χ3v) is 6.62. The van der Waals surface area contributed by atoms with Gasteiger partial charge in [-0.1, -0.05) is 68.2 Å². The first-order valence-electron chi connectivity index (χ1n) is 11.1. The molecule has 2 aromatic rings. The highest BCUT2D eigenvalue weighted by atomic mass is 35.5. The van der Waals surface area contributed by atoms with Crippen molar-refractivity contribution in [3.05, 3.63) is 69.7 Å². The maximum Gasteiger partial charge on any atom is 0.237 e. The van der Waals surface area contributed by atoms with Crippen LogP contribution in [-0.4, -0.2) is 31.1 Å². The molecule has 0 saturated carbocycles. The molecule has 0 aliphatic carbocycles. The number of carbonyl (C=O) groups excluding carboxylic acids is 1. The van der Waals surface area contributed by atoms with Gasteiger partial charge in [0.15, 0.2) is 0 Å². The second kappa shape index (κ2) is 10.1. The Kier molecular flexibility index (Phi) is 7.89. The van der Waals surface area contributed by atoms with Gasteiger partial charge < -0.3 is 22.1 Å². The van der Waals surface area contributed by atoms with E-state index in [1.165, 1.54) is 0 Å². The molecule has 1 fully saturated rings. The van der Waals surface area contributed by atoms with Crippen molar-refractivity contribution in [3.63, 3.8) is 0 Å². The topological polar surface area (TPSA) is 93.2 Å². The van der Waals surface area contributed by atoms with Gasteiger partial charge >= 0.3 is 0 Å². The zero-order valence-corrected chi connectivity index (χ0v) is 20.5. The molecular weight excluding hydrogens is 443 g/mol. The molecule has 1 heterocycles. The van der Waals surface area contributed by atoms with Crippen LogP contribution in [0.2, 0.25) is 10.0 Å². The molecule has 6 N–H and O–H groups in total. The van der Waals surface area contributed by atoms with Crippen molar-refractivity contribution in [2.75, 3.05) is 13.1 Å². The lowest BCUT2D eigenvalue weighted by Gasteiger charge is -2.39. The Bertz CT molecular complexity index is 928. The minimum Gasteiger partial charge on any atom is -0.355 e. The summed E-state index contributed by atoms with van der Waals surface area (Å²) in [5.41, 5.74) is 14.0. The van der Waals surface area contributed by atoms with E-state index in [1.807, 2.05) is 48.5 Å². The Morgan fingerprint density at radius 2 is 1.81 bits per heavy atom. The molecule has 5 nitrogen and oxygen atoms in total. The highest BCUT2D eigenvalue weighted by Gasteiger charge is 2.56. The first-order chi connectivity index (χ1) is 15.1. The van der Waals surface area contributed by atoms with Gasteiger partial charge in [0.2, 0.25) is 5.91 Å². The molecule has 7 heteroatoms.